The summed E-state index contributed by atoms with van der Waals surface area (Å²) >= 11 is 1.66. The number of hydrogen-bond acceptors (Lipinski definition) is 5. The van der Waals surface area contributed by atoms with Crippen LogP contribution in [0.5, 0.6) is 0 Å². The first kappa shape index (κ1) is 12.3. The third-order valence-electron chi connectivity index (χ3n) is 2.55. The Morgan fingerprint density at radius 3 is 2.88 bits per heavy atom. The van der Waals surface area contributed by atoms with Crippen LogP contribution in [0.4, 0.5) is 0 Å². The lowest BCUT2D eigenvalue weighted by Gasteiger charge is -2.12. The number of aliphatic hydroxyl groups is 1. The molecule has 2 aromatic heterocycles. The molecule has 0 aliphatic carbocycles. The van der Waals surface area contributed by atoms with Crippen molar-refractivity contribution in [1.82, 2.24) is 10.3 Å². The fraction of sp³-hybridized carbons (Fsp3) is 0.417. The summed E-state index contributed by atoms with van der Waals surface area (Å²) < 4.78 is 5.42. The summed E-state index contributed by atoms with van der Waals surface area (Å²) in [4.78, 5) is 4.31. The Kier molecular flexibility index (Phi) is 4.30. The van der Waals surface area contributed by atoms with Gasteiger partial charge in [0.1, 0.15) is 23.1 Å². The molecule has 0 fully saturated rings. The molecule has 4 nitrogen and oxygen atoms in total. The molecule has 17 heavy (non-hydrogen) atoms. The van der Waals surface area contributed by atoms with E-state index < -0.39 is 0 Å². The van der Waals surface area contributed by atoms with Crippen molar-refractivity contribution in [1.29, 1.82) is 0 Å². The Balaban J connectivity index is 1.92. The van der Waals surface area contributed by atoms with Gasteiger partial charge < -0.3 is 14.8 Å². The highest BCUT2D eigenvalue weighted by molar-refractivity contribution is 7.09. The Bertz CT molecular complexity index is 439. The molecule has 0 bridgehead atoms. The molecular formula is C12H16N2O2S. The Labute approximate surface area is 104 Å². The molecule has 92 valence electrons. The van der Waals surface area contributed by atoms with E-state index in [2.05, 4.69) is 17.2 Å². The maximum absolute atomic E-state index is 8.90. The molecule has 1 unspecified atom stereocenters. The molecule has 2 N–H and O–H groups in total. The van der Waals surface area contributed by atoms with E-state index in [1.807, 2.05) is 17.6 Å². The predicted molar refractivity (Wildman–Crippen MR) is 66.6 cm³/mol. The van der Waals surface area contributed by atoms with E-state index in [9.17, 15) is 0 Å². The van der Waals surface area contributed by atoms with E-state index in [-0.39, 0.29) is 12.6 Å². The van der Waals surface area contributed by atoms with Crippen LogP contribution in [0.2, 0.25) is 0 Å². The number of rotatable bonds is 6. The summed E-state index contributed by atoms with van der Waals surface area (Å²) in [6.07, 6.45) is 2.81. The second kappa shape index (κ2) is 5.95. The standard InChI is InChI=1S/C12H16N2O2S/c1-2-11(12-13-5-6-17-12)14-7-9-3-4-10(8-15)16-9/h3-6,11,14-15H,2,7-8H2,1H3. The summed E-state index contributed by atoms with van der Waals surface area (Å²) in [5.41, 5.74) is 0. The monoisotopic (exact) mass is 252 g/mol. The fourth-order valence-corrected chi connectivity index (χ4v) is 2.44. The van der Waals surface area contributed by atoms with Gasteiger partial charge in [-0.2, -0.15) is 0 Å². The van der Waals surface area contributed by atoms with Crippen molar-refractivity contribution in [3.8, 4) is 0 Å². The summed E-state index contributed by atoms with van der Waals surface area (Å²) in [5.74, 6) is 1.44. The molecule has 0 aromatic carbocycles. The van der Waals surface area contributed by atoms with Gasteiger partial charge in [-0.25, -0.2) is 4.98 Å². The minimum atomic E-state index is -0.0519. The van der Waals surface area contributed by atoms with E-state index in [1.165, 1.54) is 0 Å². The molecule has 0 amide bonds. The van der Waals surface area contributed by atoms with Gasteiger partial charge in [0.05, 0.1) is 12.6 Å². The average Bonchev–Trinajstić information content (AvgIpc) is 3.00. The molecule has 0 saturated carbocycles. The van der Waals surface area contributed by atoms with Gasteiger partial charge in [0, 0.05) is 11.6 Å². The first-order valence-corrected chi connectivity index (χ1v) is 6.52. The van der Waals surface area contributed by atoms with Crippen LogP contribution < -0.4 is 5.32 Å². The molecule has 0 radical (unpaired) electrons. The number of hydrogen-bond donors (Lipinski definition) is 2. The largest absolute Gasteiger partial charge is 0.462 e. The molecule has 0 aliphatic heterocycles. The van der Waals surface area contributed by atoms with Crippen molar-refractivity contribution in [2.75, 3.05) is 0 Å². The van der Waals surface area contributed by atoms with Crippen LogP contribution in [0.15, 0.2) is 28.1 Å². The van der Waals surface area contributed by atoms with Crippen LogP contribution in [0, 0.1) is 0 Å². The lowest BCUT2D eigenvalue weighted by Crippen LogP contribution is -2.19. The zero-order valence-corrected chi connectivity index (χ0v) is 10.5. The smallest absolute Gasteiger partial charge is 0.129 e. The Morgan fingerprint density at radius 2 is 2.29 bits per heavy atom. The molecular weight excluding hydrogens is 236 g/mol. The van der Waals surface area contributed by atoms with Gasteiger partial charge in [0.2, 0.25) is 0 Å². The highest BCUT2D eigenvalue weighted by atomic mass is 32.1. The number of furan rings is 1. The average molecular weight is 252 g/mol. The van der Waals surface area contributed by atoms with Gasteiger partial charge in [-0.3, -0.25) is 0 Å². The Hall–Kier alpha value is -1.17. The third kappa shape index (κ3) is 3.15. The van der Waals surface area contributed by atoms with Crippen LogP contribution >= 0.6 is 11.3 Å². The summed E-state index contributed by atoms with van der Waals surface area (Å²) in [5, 5.41) is 15.4. The molecule has 1 atom stereocenters. The lowest BCUT2D eigenvalue weighted by atomic mass is 10.2. The zero-order chi connectivity index (χ0) is 12.1. The summed E-state index contributed by atoms with van der Waals surface area (Å²) in [6, 6.07) is 3.94. The van der Waals surface area contributed by atoms with Crippen molar-refractivity contribution in [2.45, 2.75) is 32.5 Å². The molecule has 0 saturated heterocycles. The quantitative estimate of drug-likeness (QED) is 0.829. The highest BCUT2D eigenvalue weighted by Gasteiger charge is 2.11. The fourth-order valence-electron chi connectivity index (χ4n) is 1.64. The second-order valence-electron chi connectivity index (χ2n) is 3.74. The van der Waals surface area contributed by atoms with Gasteiger partial charge in [-0.1, -0.05) is 6.92 Å². The van der Waals surface area contributed by atoms with Crippen LogP contribution in [0.3, 0.4) is 0 Å². The van der Waals surface area contributed by atoms with Crippen molar-refractivity contribution < 1.29 is 9.52 Å². The number of nitrogens with zero attached hydrogens (tertiary/aromatic N) is 1. The van der Waals surface area contributed by atoms with Gasteiger partial charge in [-0.05, 0) is 18.6 Å². The maximum atomic E-state index is 8.90. The van der Waals surface area contributed by atoms with E-state index in [0.29, 0.717) is 12.3 Å². The van der Waals surface area contributed by atoms with E-state index in [4.69, 9.17) is 9.52 Å². The zero-order valence-electron chi connectivity index (χ0n) is 9.72. The third-order valence-corrected chi connectivity index (χ3v) is 3.44. The molecule has 2 heterocycles. The van der Waals surface area contributed by atoms with Gasteiger partial charge >= 0.3 is 0 Å². The summed E-state index contributed by atoms with van der Waals surface area (Å²) in [7, 11) is 0. The van der Waals surface area contributed by atoms with E-state index in [1.54, 1.807) is 17.4 Å². The van der Waals surface area contributed by atoms with Crippen LogP contribution in [-0.4, -0.2) is 10.1 Å². The SMILES string of the molecule is CCC(NCc1ccc(CO)o1)c1nccs1. The van der Waals surface area contributed by atoms with Gasteiger partial charge in [0.25, 0.3) is 0 Å². The number of nitrogens with one attached hydrogen (secondary N) is 1. The molecule has 5 heteroatoms. The van der Waals surface area contributed by atoms with Gasteiger partial charge in [-0.15, -0.1) is 11.3 Å². The number of thiazole rings is 1. The predicted octanol–water partition coefficient (Wildman–Crippen LogP) is 2.47. The topological polar surface area (TPSA) is 58.3 Å². The van der Waals surface area contributed by atoms with Crippen LogP contribution in [0.1, 0.15) is 35.9 Å². The molecule has 2 rings (SSSR count). The maximum Gasteiger partial charge on any atom is 0.129 e. The molecule has 2 aromatic rings. The Morgan fingerprint density at radius 1 is 1.47 bits per heavy atom. The first-order valence-electron chi connectivity index (χ1n) is 5.64. The van der Waals surface area contributed by atoms with Crippen molar-refractivity contribution in [2.24, 2.45) is 0 Å². The number of aromatic nitrogens is 1. The van der Waals surface area contributed by atoms with Crippen LogP contribution in [-0.2, 0) is 13.2 Å². The lowest BCUT2D eigenvalue weighted by molar-refractivity contribution is 0.242. The van der Waals surface area contributed by atoms with Crippen molar-refractivity contribution in [3.05, 3.63) is 40.2 Å². The second-order valence-corrected chi connectivity index (χ2v) is 4.66. The normalized spacial score (nSPS) is 12.8. The minimum absolute atomic E-state index is 0.0519. The van der Waals surface area contributed by atoms with Crippen molar-refractivity contribution in [3.63, 3.8) is 0 Å². The first-order chi connectivity index (χ1) is 8.33. The van der Waals surface area contributed by atoms with Crippen molar-refractivity contribution >= 4 is 11.3 Å². The number of aliphatic hydroxyl groups excluding tert-OH is 1. The van der Waals surface area contributed by atoms with Crippen LogP contribution in [0.25, 0.3) is 0 Å². The minimum Gasteiger partial charge on any atom is -0.462 e. The molecule has 0 aliphatic rings. The van der Waals surface area contributed by atoms with Gasteiger partial charge in [0.15, 0.2) is 0 Å². The molecule has 0 spiro atoms. The van der Waals surface area contributed by atoms with E-state index in [0.717, 1.165) is 17.2 Å². The highest BCUT2D eigenvalue weighted by Crippen LogP contribution is 2.19. The summed E-state index contributed by atoms with van der Waals surface area (Å²) in [6.45, 7) is 2.72. The van der Waals surface area contributed by atoms with E-state index >= 15 is 0 Å².